The van der Waals surface area contributed by atoms with Gasteiger partial charge in [0, 0.05) is 49.4 Å². The van der Waals surface area contributed by atoms with Crippen molar-refractivity contribution in [2.24, 2.45) is 0 Å². The van der Waals surface area contributed by atoms with Gasteiger partial charge in [0.1, 0.15) is 24.2 Å². The lowest BCUT2D eigenvalue weighted by molar-refractivity contribution is -0.137. The molecule has 0 aliphatic carbocycles. The SMILES string of the molecule is CC(C)(C)c1cc(CCC(=O)N2CCCC[C@@H]2COc2ccc3c(c2)CN(C2CCC(=O)NC2=O)C3=O)on1. The molecule has 4 amide bonds. The lowest BCUT2D eigenvalue weighted by atomic mass is 9.92. The maximum absolute atomic E-state index is 13.1. The number of carbonyl (C=O) groups excluding carboxylic acids is 4. The molecule has 208 valence electrons. The highest BCUT2D eigenvalue weighted by Crippen LogP contribution is 2.31. The Balaban J connectivity index is 1.17. The van der Waals surface area contributed by atoms with E-state index in [4.69, 9.17) is 9.26 Å². The van der Waals surface area contributed by atoms with Crippen molar-refractivity contribution in [3.63, 3.8) is 0 Å². The van der Waals surface area contributed by atoms with Crippen molar-refractivity contribution in [2.45, 2.75) is 89.8 Å². The molecule has 1 aromatic carbocycles. The molecule has 4 heterocycles. The third-order valence-corrected chi connectivity index (χ3v) is 7.80. The molecule has 2 atom stereocenters. The van der Waals surface area contributed by atoms with Crippen LogP contribution in [0.5, 0.6) is 5.75 Å². The average Bonchev–Trinajstić information content (AvgIpc) is 3.51. The maximum atomic E-state index is 13.1. The van der Waals surface area contributed by atoms with Gasteiger partial charge in [-0.2, -0.15) is 0 Å². The van der Waals surface area contributed by atoms with E-state index in [0.717, 1.165) is 36.3 Å². The standard InChI is InChI=1S/C29H36N4O6/c1-29(2,3)24-15-21(39-31-24)8-12-26(35)32-13-5-4-6-19(32)17-38-20-7-9-22-18(14-20)16-33(28(22)37)23-10-11-25(34)30-27(23)36/h7,9,14-15,19,23H,4-6,8,10-13,16-17H2,1-3H3,(H,30,34,36)/t19-,23?/m1/s1. The van der Waals surface area contributed by atoms with Gasteiger partial charge in [-0.1, -0.05) is 25.9 Å². The van der Waals surface area contributed by atoms with Crippen molar-refractivity contribution in [1.82, 2.24) is 20.3 Å². The van der Waals surface area contributed by atoms with E-state index in [2.05, 4.69) is 31.2 Å². The number of aryl methyl sites for hydroxylation is 1. The number of amides is 4. The van der Waals surface area contributed by atoms with Gasteiger partial charge >= 0.3 is 0 Å². The van der Waals surface area contributed by atoms with Crippen LogP contribution in [0.25, 0.3) is 0 Å². The summed E-state index contributed by atoms with van der Waals surface area (Å²) in [7, 11) is 0. The number of benzene rings is 1. The fourth-order valence-corrected chi connectivity index (χ4v) is 5.49. The number of fused-ring (bicyclic) bond motifs is 1. The van der Waals surface area contributed by atoms with Gasteiger partial charge in [0.25, 0.3) is 5.91 Å². The van der Waals surface area contributed by atoms with E-state index in [1.165, 1.54) is 4.90 Å². The van der Waals surface area contributed by atoms with E-state index in [-0.39, 0.29) is 35.6 Å². The van der Waals surface area contributed by atoms with Gasteiger partial charge < -0.3 is 19.1 Å². The zero-order valence-corrected chi connectivity index (χ0v) is 22.8. The molecule has 5 rings (SSSR count). The first kappa shape index (κ1) is 26.9. The highest BCUT2D eigenvalue weighted by atomic mass is 16.5. The molecular formula is C29H36N4O6. The highest BCUT2D eigenvalue weighted by molar-refractivity contribution is 6.05. The fraction of sp³-hybridized carbons (Fsp3) is 0.552. The van der Waals surface area contributed by atoms with Crippen molar-refractivity contribution in [2.75, 3.05) is 13.2 Å². The lowest BCUT2D eigenvalue weighted by Gasteiger charge is -2.35. The van der Waals surface area contributed by atoms with Crippen LogP contribution >= 0.6 is 0 Å². The summed E-state index contributed by atoms with van der Waals surface area (Å²) in [5.74, 6) is 0.480. The molecule has 2 aromatic rings. The van der Waals surface area contributed by atoms with E-state index >= 15 is 0 Å². The van der Waals surface area contributed by atoms with E-state index in [1.54, 1.807) is 12.1 Å². The van der Waals surface area contributed by atoms with Gasteiger partial charge in [-0.3, -0.25) is 24.5 Å². The predicted octanol–water partition coefficient (Wildman–Crippen LogP) is 3.13. The molecule has 10 nitrogen and oxygen atoms in total. The molecule has 0 bridgehead atoms. The van der Waals surface area contributed by atoms with Crippen LogP contribution in [0, 0.1) is 0 Å². The largest absolute Gasteiger partial charge is 0.491 e. The van der Waals surface area contributed by atoms with Crippen LogP contribution in [-0.4, -0.2) is 63.8 Å². The quantitative estimate of drug-likeness (QED) is 0.540. The minimum absolute atomic E-state index is 0.0269. The van der Waals surface area contributed by atoms with Crippen LogP contribution in [0.1, 0.15) is 86.7 Å². The van der Waals surface area contributed by atoms with E-state index < -0.39 is 11.9 Å². The molecule has 10 heteroatoms. The zero-order chi connectivity index (χ0) is 27.7. The average molecular weight is 537 g/mol. The number of carbonyl (C=O) groups is 4. The van der Waals surface area contributed by atoms with Gasteiger partial charge in [0.05, 0.1) is 11.7 Å². The number of nitrogens with one attached hydrogen (secondary N) is 1. The molecule has 3 aliphatic rings. The van der Waals surface area contributed by atoms with Gasteiger partial charge in [-0.25, -0.2) is 0 Å². The topological polar surface area (TPSA) is 122 Å². The Morgan fingerprint density at radius 2 is 1.97 bits per heavy atom. The number of ether oxygens (including phenoxy) is 1. The number of imide groups is 1. The van der Waals surface area contributed by atoms with Crippen molar-refractivity contribution >= 4 is 23.6 Å². The number of aromatic nitrogens is 1. The highest BCUT2D eigenvalue weighted by Gasteiger charge is 2.39. The van der Waals surface area contributed by atoms with Crippen LogP contribution < -0.4 is 10.1 Å². The molecule has 0 saturated carbocycles. The summed E-state index contributed by atoms with van der Waals surface area (Å²) in [5, 5.41) is 6.47. The fourth-order valence-electron chi connectivity index (χ4n) is 5.49. The third kappa shape index (κ3) is 5.84. The Morgan fingerprint density at radius 1 is 1.15 bits per heavy atom. The van der Waals surface area contributed by atoms with Crippen LogP contribution in [-0.2, 0) is 32.8 Å². The van der Waals surface area contributed by atoms with E-state index in [0.29, 0.717) is 50.3 Å². The maximum Gasteiger partial charge on any atom is 0.255 e. The van der Waals surface area contributed by atoms with Crippen molar-refractivity contribution in [1.29, 1.82) is 0 Å². The smallest absolute Gasteiger partial charge is 0.255 e. The Bertz CT molecular complexity index is 1280. The normalized spacial score (nSPS) is 21.7. The molecule has 1 aromatic heterocycles. The molecule has 0 radical (unpaired) electrons. The number of piperidine rings is 2. The summed E-state index contributed by atoms with van der Waals surface area (Å²) in [4.78, 5) is 53.3. The summed E-state index contributed by atoms with van der Waals surface area (Å²) < 4.78 is 11.6. The number of rotatable bonds is 7. The van der Waals surface area contributed by atoms with Crippen molar-refractivity contribution < 1.29 is 28.4 Å². The first-order valence-electron chi connectivity index (χ1n) is 13.8. The van der Waals surface area contributed by atoms with Crippen LogP contribution in [0.15, 0.2) is 28.8 Å². The number of nitrogens with zero attached hydrogens (tertiary/aromatic N) is 3. The van der Waals surface area contributed by atoms with Gasteiger partial charge in [0.2, 0.25) is 17.7 Å². The summed E-state index contributed by atoms with van der Waals surface area (Å²) in [6.07, 6.45) is 4.28. The van der Waals surface area contributed by atoms with Gasteiger partial charge in [-0.05, 0) is 49.4 Å². The summed E-state index contributed by atoms with van der Waals surface area (Å²) >= 11 is 0. The minimum atomic E-state index is -0.647. The van der Waals surface area contributed by atoms with Crippen molar-refractivity contribution in [3.8, 4) is 5.75 Å². The Kier molecular flexibility index (Phi) is 7.46. The number of hydrogen-bond donors (Lipinski definition) is 1. The summed E-state index contributed by atoms with van der Waals surface area (Å²) in [5.41, 5.74) is 2.12. The van der Waals surface area contributed by atoms with Crippen molar-refractivity contribution in [3.05, 3.63) is 46.8 Å². The molecule has 2 saturated heterocycles. The molecular weight excluding hydrogens is 500 g/mol. The number of likely N-dealkylation sites (tertiary alicyclic amines) is 1. The molecule has 39 heavy (non-hydrogen) atoms. The number of hydrogen-bond acceptors (Lipinski definition) is 7. The van der Waals surface area contributed by atoms with Crippen LogP contribution in [0.4, 0.5) is 0 Å². The third-order valence-electron chi connectivity index (χ3n) is 7.80. The summed E-state index contributed by atoms with van der Waals surface area (Å²) in [6, 6.07) is 6.59. The Hall–Kier alpha value is -3.69. The van der Waals surface area contributed by atoms with Gasteiger partial charge in [-0.15, -0.1) is 0 Å². The van der Waals surface area contributed by atoms with E-state index in [1.807, 2.05) is 17.0 Å². The minimum Gasteiger partial charge on any atom is -0.491 e. The van der Waals surface area contributed by atoms with Gasteiger partial charge in [0.15, 0.2) is 0 Å². The molecule has 0 spiro atoms. The first-order chi connectivity index (χ1) is 18.6. The molecule has 1 unspecified atom stereocenters. The van der Waals surface area contributed by atoms with E-state index in [9.17, 15) is 19.2 Å². The molecule has 1 N–H and O–H groups in total. The van der Waals surface area contributed by atoms with Crippen LogP contribution in [0.3, 0.4) is 0 Å². The monoisotopic (exact) mass is 536 g/mol. The second-order valence-corrected chi connectivity index (χ2v) is 11.7. The second-order valence-electron chi connectivity index (χ2n) is 11.7. The Labute approximate surface area is 228 Å². The predicted molar refractivity (Wildman–Crippen MR) is 141 cm³/mol. The Morgan fingerprint density at radius 3 is 2.72 bits per heavy atom. The lowest BCUT2D eigenvalue weighted by Crippen LogP contribution is -2.52. The summed E-state index contributed by atoms with van der Waals surface area (Å²) in [6.45, 7) is 7.59. The second kappa shape index (κ2) is 10.8. The van der Waals surface area contributed by atoms with Crippen LogP contribution in [0.2, 0.25) is 0 Å². The first-order valence-corrected chi connectivity index (χ1v) is 13.8. The zero-order valence-electron chi connectivity index (χ0n) is 22.8. The molecule has 2 fully saturated rings. The molecule has 3 aliphatic heterocycles.